The Balaban J connectivity index is 1.80. The largest absolute Gasteiger partial charge is 0.272 e. The number of hydrazone groups is 1. The minimum atomic E-state index is -0.0928. The Labute approximate surface area is 120 Å². The number of hydrogen-bond donors (Lipinski definition) is 1. The smallest absolute Gasteiger partial charge is 0.250 e. The molecule has 0 aliphatic heterocycles. The lowest BCUT2D eigenvalue weighted by atomic mass is 10.3. The minimum Gasteiger partial charge on any atom is -0.272 e. The molecule has 0 radical (unpaired) electrons. The summed E-state index contributed by atoms with van der Waals surface area (Å²) in [5, 5.41) is 6.08. The van der Waals surface area contributed by atoms with Crippen LogP contribution in [-0.4, -0.2) is 17.4 Å². The van der Waals surface area contributed by atoms with Crippen LogP contribution < -0.4 is 5.43 Å². The second-order valence-corrected chi connectivity index (χ2v) is 5.81. The number of thiophene rings is 1. The van der Waals surface area contributed by atoms with E-state index in [1.54, 1.807) is 11.3 Å². The van der Waals surface area contributed by atoms with Gasteiger partial charge in [0, 0.05) is 9.77 Å². The summed E-state index contributed by atoms with van der Waals surface area (Å²) in [6, 6.07) is 13.8. The van der Waals surface area contributed by atoms with Gasteiger partial charge in [-0.3, -0.25) is 4.79 Å². The van der Waals surface area contributed by atoms with Crippen molar-refractivity contribution < 1.29 is 4.79 Å². The minimum absolute atomic E-state index is 0.0928. The van der Waals surface area contributed by atoms with Crippen LogP contribution >= 0.6 is 23.1 Å². The molecule has 0 fully saturated rings. The van der Waals surface area contributed by atoms with Crippen molar-refractivity contribution in [2.24, 2.45) is 5.10 Å². The number of nitrogens with zero attached hydrogens (tertiary/aromatic N) is 1. The quantitative estimate of drug-likeness (QED) is 0.521. The molecule has 1 amide bonds. The van der Waals surface area contributed by atoms with E-state index in [4.69, 9.17) is 0 Å². The van der Waals surface area contributed by atoms with Crippen LogP contribution in [0, 0.1) is 0 Å². The zero-order chi connectivity index (χ0) is 13.5. The van der Waals surface area contributed by atoms with Gasteiger partial charge in [0.05, 0.1) is 11.5 Å². The molecule has 0 aliphatic carbocycles. The van der Waals surface area contributed by atoms with Crippen molar-refractivity contribution in [3.8, 4) is 0 Å². The predicted molar refractivity (Wildman–Crippen MR) is 81.8 cm³/mol. The summed E-state index contributed by atoms with van der Waals surface area (Å²) in [4.78, 5) is 13.8. The van der Waals surface area contributed by atoms with Gasteiger partial charge >= 0.3 is 0 Å². The number of rotatable bonds is 5. The molecule has 1 N–H and O–H groups in total. The van der Waals surface area contributed by atoms with Crippen molar-refractivity contribution in [3.63, 3.8) is 0 Å². The highest BCUT2D eigenvalue weighted by Crippen LogP contribution is 2.16. The van der Waals surface area contributed by atoms with E-state index in [1.807, 2.05) is 54.8 Å². The number of hydrogen-bond acceptors (Lipinski definition) is 4. The molecule has 2 rings (SSSR count). The number of benzene rings is 1. The summed E-state index contributed by atoms with van der Waals surface area (Å²) in [5.41, 5.74) is 3.40. The van der Waals surface area contributed by atoms with Gasteiger partial charge in [-0.1, -0.05) is 24.3 Å². The first-order valence-corrected chi connectivity index (χ1v) is 7.67. The van der Waals surface area contributed by atoms with Crippen LogP contribution in [0.4, 0.5) is 0 Å². The number of amides is 1. The average molecular weight is 290 g/mol. The number of thioether (sulfide) groups is 1. The van der Waals surface area contributed by atoms with Gasteiger partial charge in [0.15, 0.2) is 0 Å². The average Bonchev–Trinajstić information content (AvgIpc) is 2.98. The Morgan fingerprint density at radius 3 is 2.74 bits per heavy atom. The van der Waals surface area contributed by atoms with Crippen LogP contribution in [0.25, 0.3) is 0 Å². The SMILES string of the molecule is C/C(=N/NC(=O)CSc1ccccc1)c1cccs1. The highest BCUT2D eigenvalue weighted by atomic mass is 32.2. The highest BCUT2D eigenvalue weighted by Gasteiger charge is 2.03. The maximum atomic E-state index is 11.7. The molecule has 1 aromatic carbocycles. The number of carbonyl (C=O) groups excluding carboxylic acids is 1. The van der Waals surface area contributed by atoms with Crippen molar-refractivity contribution in [3.05, 3.63) is 52.7 Å². The molecular formula is C14H14N2OS2. The summed E-state index contributed by atoms with van der Waals surface area (Å²) in [5.74, 6) is 0.273. The van der Waals surface area contributed by atoms with E-state index in [0.29, 0.717) is 5.75 Å². The molecule has 0 atom stereocenters. The molecule has 0 unspecified atom stereocenters. The van der Waals surface area contributed by atoms with Gasteiger partial charge in [-0.2, -0.15) is 5.10 Å². The lowest BCUT2D eigenvalue weighted by Crippen LogP contribution is -2.20. The molecule has 0 bridgehead atoms. The molecule has 0 aliphatic rings. The first-order chi connectivity index (χ1) is 9.25. The fraction of sp³-hybridized carbons (Fsp3) is 0.143. The fourth-order valence-electron chi connectivity index (χ4n) is 1.38. The highest BCUT2D eigenvalue weighted by molar-refractivity contribution is 8.00. The second kappa shape index (κ2) is 7.11. The van der Waals surface area contributed by atoms with Crippen molar-refractivity contribution in [1.82, 2.24) is 5.43 Å². The van der Waals surface area contributed by atoms with Crippen LogP contribution in [0.5, 0.6) is 0 Å². The third-order valence-corrected chi connectivity index (χ3v) is 4.33. The molecule has 1 aromatic heterocycles. The van der Waals surface area contributed by atoms with Gasteiger partial charge in [0.2, 0.25) is 5.91 Å². The summed E-state index contributed by atoms with van der Waals surface area (Å²) >= 11 is 3.10. The monoisotopic (exact) mass is 290 g/mol. The van der Waals surface area contributed by atoms with Crippen molar-refractivity contribution >= 4 is 34.7 Å². The summed E-state index contributed by atoms with van der Waals surface area (Å²) in [6.45, 7) is 1.89. The standard InChI is InChI=1S/C14H14N2OS2/c1-11(13-8-5-9-18-13)15-16-14(17)10-19-12-6-3-2-4-7-12/h2-9H,10H2,1H3,(H,16,17)/b15-11-. The Morgan fingerprint density at radius 1 is 1.26 bits per heavy atom. The second-order valence-electron chi connectivity index (χ2n) is 3.81. The Kier molecular flexibility index (Phi) is 5.18. The molecule has 0 saturated carbocycles. The van der Waals surface area contributed by atoms with E-state index in [0.717, 1.165) is 15.5 Å². The first-order valence-electron chi connectivity index (χ1n) is 5.80. The van der Waals surface area contributed by atoms with Gasteiger partial charge in [0.1, 0.15) is 0 Å². The first kappa shape index (κ1) is 13.8. The molecule has 98 valence electrons. The van der Waals surface area contributed by atoms with Crippen molar-refractivity contribution in [2.75, 3.05) is 5.75 Å². The number of carbonyl (C=O) groups is 1. The summed E-state index contributed by atoms with van der Waals surface area (Å²) < 4.78 is 0. The Hall–Kier alpha value is -1.59. The third-order valence-electron chi connectivity index (χ3n) is 2.34. The Morgan fingerprint density at radius 2 is 2.05 bits per heavy atom. The molecule has 0 spiro atoms. The third kappa shape index (κ3) is 4.54. The maximum absolute atomic E-state index is 11.7. The lowest BCUT2D eigenvalue weighted by molar-refractivity contribution is -0.118. The lowest BCUT2D eigenvalue weighted by Gasteiger charge is -2.01. The molecule has 1 heterocycles. The summed E-state index contributed by atoms with van der Waals surface area (Å²) in [7, 11) is 0. The number of nitrogens with one attached hydrogen (secondary N) is 1. The predicted octanol–water partition coefficient (Wildman–Crippen LogP) is 3.38. The maximum Gasteiger partial charge on any atom is 0.250 e. The van der Waals surface area contributed by atoms with Gasteiger partial charge in [-0.25, -0.2) is 5.43 Å². The van der Waals surface area contributed by atoms with Crippen molar-refractivity contribution in [1.29, 1.82) is 0 Å². The van der Waals surface area contributed by atoms with Crippen LogP contribution in [0.2, 0.25) is 0 Å². The van der Waals surface area contributed by atoms with Crippen molar-refractivity contribution in [2.45, 2.75) is 11.8 Å². The van der Waals surface area contributed by atoms with Crippen LogP contribution in [0.1, 0.15) is 11.8 Å². The topological polar surface area (TPSA) is 41.5 Å². The molecule has 0 saturated heterocycles. The van der Waals surface area contributed by atoms with Crippen LogP contribution in [-0.2, 0) is 4.79 Å². The van der Waals surface area contributed by atoms with Gasteiger partial charge in [0.25, 0.3) is 0 Å². The van der Waals surface area contributed by atoms with E-state index in [1.165, 1.54) is 11.8 Å². The van der Waals surface area contributed by atoms with E-state index < -0.39 is 0 Å². The molecule has 19 heavy (non-hydrogen) atoms. The Bertz CT molecular complexity index is 550. The fourth-order valence-corrected chi connectivity index (χ4v) is 2.77. The van der Waals surface area contributed by atoms with Gasteiger partial charge in [-0.15, -0.1) is 23.1 Å². The molecule has 2 aromatic rings. The summed E-state index contributed by atoms with van der Waals surface area (Å²) in [6.07, 6.45) is 0. The van der Waals surface area contributed by atoms with Gasteiger partial charge in [-0.05, 0) is 30.5 Å². The van der Waals surface area contributed by atoms with Crippen LogP contribution in [0.15, 0.2) is 57.8 Å². The van der Waals surface area contributed by atoms with E-state index >= 15 is 0 Å². The normalized spacial score (nSPS) is 11.3. The van der Waals surface area contributed by atoms with E-state index in [9.17, 15) is 4.79 Å². The van der Waals surface area contributed by atoms with E-state index in [-0.39, 0.29) is 5.91 Å². The van der Waals surface area contributed by atoms with Crippen LogP contribution in [0.3, 0.4) is 0 Å². The zero-order valence-electron chi connectivity index (χ0n) is 10.5. The van der Waals surface area contributed by atoms with E-state index in [2.05, 4.69) is 10.5 Å². The molecular weight excluding hydrogens is 276 g/mol. The molecule has 3 nitrogen and oxygen atoms in total. The van der Waals surface area contributed by atoms with Gasteiger partial charge < -0.3 is 0 Å². The molecule has 5 heteroatoms. The zero-order valence-corrected chi connectivity index (χ0v) is 12.1.